The molecule has 7 heteroatoms. The minimum atomic E-state index is -0.956. The summed E-state index contributed by atoms with van der Waals surface area (Å²) in [5, 5.41) is 9.53. The van der Waals surface area contributed by atoms with Crippen LogP contribution in [0, 0.1) is 0 Å². The van der Waals surface area contributed by atoms with Crippen LogP contribution in [0.2, 0.25) is 5.02 Å². The summed E-state index contributed by atoms with van der Waals surface area (Å²) in [6.45, 7) is 2.82. The Balaban J connectivity index is 1.53. The van der Waals surface area contributed by atoms with Crippen LogP contribution < -0.4 is 10.3 Å². The quantitative estimate of drug-likeness (QED) is 0.278. The maximum Gasteiger partial charge on any atom is 0.335 e. The Labute approximate surface area is 214 Å². The first-order chi connectivity index (χ1) is 17.5. The average Bonchev–Trinajstić information content (AvgIpc) is 2.89. The van der Waals surface area contributed by atoms with Crippen LogP contribution >= 0.6 is 11.6 Å². The summed E-state index contributed by atoms with van der Waals surface area (Å²) in [7, 11) is 0. The summed E-state index contributed by atoms with van der Waals surface area (Å²) in [4.78, 5) is 29.1. The van der Waals surface area contributed by atoms with E-state index < -0.39 is 5.97 Å². The van der Waals surface area contributed by atoms with E-state index in [0.29, 0.717) is 35.1 Å². The molecule has 4 rings (SSSR count). The lowest BCUT2D eigenvalue weighted by molar-refractivity contribution is 0.0697. The van der Waals surface area contributed by atoms with Gasteiger partial charge in [0.2, 0.25) is 0 Å². The average molecular weight is 503 g/mol. The van der Waals surface area contributed by atoms with Gasteiger partial charge in [0.1, 0.15) is 18.2 Å². The van der Waals surface area contributed by atoms with E-state index in [-0.39, 0.29) is 11.1 Å². The maximum absolute atomic E-state index is 13.5. The van der Waals surface area contributed by atoms with Gasteiger partial charge >= 0.3 is 5.97 Å². The second-order valence-electron chi connectivity index (χ2n) is 8.50. The van der Waals surface area contributed by atoms with Crippen molar-refractivity contribution in [3.05, 3.63) is 117 Å². The minimum absolute atomic E-state index is 0.116. The Morgan fingerprint density at radius 3 is 2.33 bits per heavy atom. The van der Waals surface area contributed by atoms with Gasteiger partial charge in [0.05, 0.1) is 17.7 Å². The first-order valence-electron chi connectivity index (χ1n) is 11.8. The van der Waals surface area contributed by atoms with Crippen LogP contribution in [0.15, 0.2) is 83.8 Å². The number of benzene rings is 3. The van der Waals surface area contributed by atoms with Gasteiger partial charge in [0.25, 0.3) is 5.56 Å². The van der Waals surface area contributed by atoms with Crippen molar-refractivity contribution in [1.82, 2.24) is 9.55 Å². The summed E-state index contributed by atoms with van der Waals surface area (Å²) in [6.07, 6.45) is 4.30. The molecule has 1 aromatic heterocycles. The molecule has 0 aliphatic heterocycles. The third kappa shape index (κ3) is 6.01. The highest BCUT2D eigenvalue weighted by Gasteiger charge is 2.14. The Bertz CT molecular complexity index is 1400. The van der Waals surface area contributed by atoms with Crippen LogP contribution in [-0.4, -0.2) is 20.6 Å². The van der Waals surface area contributed by atoms with Crippen molar-refractivity contribution in [2.24, 2.45) is 0 Å². The summed E-state index contributed by atoms with van der Waals surface area (Å²) in [5.74, 6) is 0.480. The lowest BCUT2D eigenvalue weighted by Gasteiger charge is -2.15. The van der Waals surface area contributed by atoms with E-state index in [1.807, 2.05) is 42.5 Å². The molecule has 0 spiro atoms. The predicted octanol–water partition coefficient (Wildman–Crippen LogP) is 6.23. The van der Waals surface area contributed by atoms with Crippen molar-refractivity contribution in [3.8, 4) is 16.9 Å². The lowest BCUT2D eigenvalue weighted by atomic mass is 10.1. The van der Waals surface area contributed by atoms with Crippen LogP contribution in [0.5, 0.6) is 5.75 Å². The van der Waals surface area contributed by atoms with Crippen LogP contribution in [0.1, 0.15) is 47.1 Å². The number of rotatable bonds is 10. The number of nitrogens with zero attached hydrogens (tertiary/aromatic N) is 2. The zero-order chi connectivity index (χ0) is 25.5. The van der Waals surface area contributed by atoms with Gasteiger partial charge in [-0.05, 0) is 47.9 Å². The number of hydrogen-bond acceptors (Lipinski definition) is 4. The van der Waals surface area contributed by atoms with Crippen molar-refractivity contribution >= 4 is 17.6 Å². The number of unbranched alkanes of at least 4 members (excludes halogenated alkanes) is 1. The van der Waals surface area contributed by atoms with Gasteiger partial charge in [-0.2, -0.15) is 0 Å². The number of carboxylic acids is 1. The fourth-order valence-corrected chi connectivity index (χ4v) is 4.11. The number of aromatic carboxylic acids is 1. The topological polar surface area (TPSA) is 81.4 Å². The van der Waals surface area contributed by atoms with E-state index in [0.717, 1.165) is 36.2 Å². The standard InChI is InChI=1S/C29H27ClN2O4/c1-2-3-8-27-31-17-25(24-6-4-5-7-26(24)30)28(33)32(27)18-20-11-15-23(16-12-20)36-19-21-9-13-22(14-10-21)29(34)35/h4-7,9-17H,2-3,8,18-19H2,1H3,(H,34,35). The summed E-state index contributed by atoms with van der Waals surface area (Å²) < 4.78 is 7.58. The summed E-state index contributed by atoms with van der Waals surface area (Å²) in [6, 6.07) is 21.5. The number of aryl methyl sites for hydroxylation is 1. The Kier molecular flexibility index (Phi) is 8.18. The molecule has 0 bridgehead atoms. The van der Waals surface area contributed by atoms with Crippen molar-refractivity contribution in [2.75, 3.05) is 0 Å². The van der Waals surface area contributed by atoms with Gasteiger partial charge in [-0.3, -0.25) is 9.36 Å². The molecule has 0 fully saturated rings. The molecular formula is C29H27ClN2O4. The third-order valence-electron chi connectivity index (χ3n) is 5.92. The number of halogens is 1. The first-order valence-corrected chi connectivity index (χ1v) is 12.2. The summed E-state index contributed by atoms with van der Waals surface area (Å²) >= 11 is 6.36. The van der Waals surface area contributed by atoms with Crippen molar-refractivity contribution < 1.29 is 14.6 Å². The van der Waals surface area contributed by atoms with Crippen LogP contribution in [0.4, 0.5) is 0 Å². The summed E-state index contributed by atoms with van der Waals surface area (Å²) in [5.41, 5.74) is 3.10. The molecule has 0 aliphatic carbocycles. The second kappa shape index (κ2) is 11.7. The highest BCUT2D eigenvalue weighted by molar-refractivity contribution is 6.33. The molecule has 3 aromatic carbocycles. The van der Waals surface area contributed by atoms with E-state index >= 15 is 0 Å². The molecule has 1 N–H and O–H groups in total. The van der Waals surface area contributed by atoms with Crippen molar-refractivity contribution in [1.29, 1.82) is 0 Å². The highest BCUT2D eigenvalue weighted by atomic mass is 35.5. The van der Waals surface area contributed by atoms with Crippen molar-refractivity contribution in [2.45, 2.75) is 39.3 Å². The van der Waals surface area contributed by atoms with Crippen molar-refractivity contribution in [3.63, 3.8) is 0 Å². The van der Waals surface area contributed by atoms with Gasteiger partial charge < -0.3 is 9.84 Å². The Hall–Kier alpha value is -3.90. The Morgan fingerprint density at radius 1 is 0.972 bits per heavy atom. The largest absolute Gasteiger partial charge is 0.489 e. The SMILES string of the molecule is CCCCc1ncc(-c2ccccc2Cl)c(=O)n1Cc1ccc(OCc2ccc(C(=O)O)cc2)cc1. The first kappa shape index (κ1) is 25.2. The molecule has 0 unspecified atom stereocenters. The normalized spacial score (nSPS) is 10.8. The fourth-order valence-electron chi connectivity index (χ4n) is 3.87. The third-order valence-corrected chi connectivity index (χ3v) is 6.25. The molecule has 36 heavy (non-hydrogen) atoms. The van der Waals surface area contributed by atoms with E-state index in [1.54, 1.807) is 41.1 Å². The maximum atomic E-state index is 13.5. The molecule has 4 aromatic rings. The van der Waals surface area contributed by atoms with E-state index in [9.17, 15) is 9.59 Å². The second-order valence-corrected chi connectivity index (χ2v) is 8.90. The molecule has 184 valence electrons. The van der Waals surface area contributed by atoms with Crippen LogP contribution in [0.25, 0.3) is 11.1 Å². The fraction of sp³-hybridized carbons (Fsp3) is 0.207. The highest BCUT2D eigenvalue weighted by Crippen LogP contribution is 2.25. The monoisotopic (exact) mass is 502 g/mol. The van der Waals surface area contributed by atoms with E-state index in [2.05, 4.69) is 11.9 Å². The van der Waals surface area contributed by atoms with Gasteiger partial charge in [0, 0.05) is 23.2 Å². The molecular weight excluding hydrogens is 476 g/mol. The number of hydrogen-bond donors (Lipinski definition) is 1. The zero-order valence-corrected chi connectivity index (χ0v) is 20.7. The molecule has 0 saturated carbocycles. The minimum Gasteiger partial charge on any atom is -0.489 e. The molecule has 0 aliphatic rings. The number of aromatic nitrogens is 2. The van der Waals surface area contributed by atoms with Gasteiger partial charge in [0.15, 0.2) is 0 Å². The zero-order valence-electron chi connectivity index (χ0n) is 20.0. The smallest absolute Gasteiger partial charge is 0.335 e. The van der Waals surface area contributed by atoms with Crippen LogP contribution in [-0.2, 0) is 19.6 Å². The molecule has 0 atom stereocenters. The van der Waals surface area contributed by atoms with E-state index in [1.165, 1.54) is 0 Å². The number of carbonyl (C=O) groups is 1. The Morgan fingerprint density at radius 2 is 1.67 bits per heavy atom. The molecule has 0 radical (unpaired) electrons. The number of ether oxygens (including phenoxy) is 1. The van der Waals surface area contributed by atoms with Gasteiger partial charge in [-0.15, -0.1) is 0 Å². The predicted molar refractivity (Wildman–Crippen MR) is 141 cm³/mol. The van der Waals surface area contributed by atoms with Gasteiger partial charge in [-0.25, -0.2) is 9.78 Å². The molecule has 6 nitrogen and oxygen atoms in total. The molecule has 0 saturated heterocycles. The van der Waals surface area contributed by atoms with Gasteiger partial charge in [-0.1, -0.05) is 67.4 Å². The van der Waals surface area contributed by atoms with Crippen LogP contribution in [0.3, 0.4) is 0 Å². The molecule has 0 amide bonds. The van der Waals surface area contributed by atoms with E-state index in [4.69, 9.17) is 21.4 Å². The molecule has 1 heterocycles. The number of carboxylic acid groups (broad SMARTS) is 1. The lowest BCUT2D eigenvalue weighted by Crippen LogP contribution is -2.27.